The second-order valence-corrected chi connectivity index (χ2v) is 9.86. The first-order valence-corrected chi connectivity index (χ1v) is 13.5. The van der Waals surface area contributed by atoms with E-state index in [4.69, 9.17) is 9.72 Å². The van der Waals surface area contributed by atoms with Crippen LogP contribution in [-0.2, 0) is 0 Å². The van der Waals surface area contributed by atoms with Crippen LogP contribution in [0.4, 0.5) is 0 Å². The molecular weight excluding hydrogens is 530 g/mol. The lowest BCUT2D eigenvalue weighted by molar-refractivity contribution is 0.0655. The number of aromatic nitrogens is 2. The number of halogens is 1. The number of amides is 1. The van der Waals surface area contributed by atoms with Crippen LogP contribution in [0.25, 0.3) is 16.6 Å². The molecule has 1 unspecified atom stereocenters. The summed E-state index contributed by atoms with van der Waals surface area (Å²) in [7, 11) is 1.59. The Bertz CT molecular complexity index is 1450. The molecule has 0 aliphatic carbocycles. The molecule has 4 aromatic rings. The van der Waals surface area contributed by atoms with Gasteiger partial charge in [0.2, 0.25) is 0 Å². The monoisotopic (exact) mass is 561 g/mol. The lowest BCUT2D eigenvalue weighted by Gasteiger charge is -2.33. The molecule has 0 radical (unpaired) electrons. The van der Waals surface area contributed by atoms with Crippen molar-refractivity contribution in [3.63, 3.8) is 0 Å². The lowest BCUT2D eigenvalue weighted by atomic mass is 10.1. The normalized spacial score (nSPS) is 11.9. The van der Waals surface area contributed by atoms with Gasteiger partial charge >= 0.3 is 0 Å². The van der Waals surface area contributed by atoms with Crippen LogP contribution in [0.1, 0.15) is 61.8 Å². The molecule has 0 N–H and O–H groups in total. The molecule has 0 fully saturated rings. The minimum Gasteiger partial charge on any atom is -0.495 e. The van der Waals surface area contributed by atoms with Crippen molar-refractivity contribution in [1.82, 2.24) is 14.5 Å². The van der Waals surface area contributed by atoms with E-state index < -0.39 is 6.04 Å². The molecule has 0 aliphatic rings. The summed E-state index contributed by atoms with van der Waals surface area (Å²) in [6.45, 7) is 4.73. The summed E-state index contributed by atoms with van der Waals surface area (Å²) in [6.07, 6.45) is 3.49. The number of nitrogens with zero attached hydrogens (tertiary/aromatic N) is 3. The first-order valence-electron chi connectivity index (χ1n) is 12.7. The molecule has 4 rings (SSSR count). The van der Waals surface area contributed by atoms with E-state index in [1.54, 1.807) is 17.7 Å². The van der Waals surface area contributed by atoms with Gasteiger partial charge in [-0.3, -0.25) is 14.2 Å². The summed E-state index contributed by atoms with van der Waals surface area (Å²) in [5.74, 6) is 1.00. The number of rotatable bonds is 10. The summed E-state index contributed by atoms with van der Waals surface area (Å²) in [5, 5.41) is 0.517. The zero-order valence-corrected chi connectivity index (χ0v) is 23.1. The smallest absolute Gasteiger partial charge is 0.266 e. The fraction of sp³-hybridized carbons (Fsp3) is 0.300. The van der Waals surface area contributed by atoms with Crippen LogP contribution in [0.2, 0.25) is 0 Å². The summed E-state index contributed by atoms with van der Waals surface area (Å²) in [4.78, 5) is 34.8. The number of hydrogen-bond donors (Lipinski definition) is 0. The first-order chi connectivity index (χ1) is 18.0. The molecule has 1 heterocycles. The molecule has 0 saturated carbocycles. The molecule has 1 aromatic heterocycles. The Morgan fingerprint density at radius 1 is 1.03 bits per heavy atom. The molecule has 37 heavy (non-hydrogen) atoms. The van der Waals surface area contributed by atoms with Crippen LogP contribution in [0, 0.1) is 0 Å². The van der Waals surface area contributed by atoms with Crippen LogP contribution in [0.5, 0.6) is 5.75 Å². The van der Waals surface area contributed by atoms with Crippen LogP contribution in [0.15, 0.2) is 82.1 Å². The summed E-state index contributed by atoms with van der Waals surface area (Å²) >= 11 is 3.49. The standard InChI is InChI=1S/C30H32BrN3O3/c1-4-6-11-19-33(29(35)21-13-12-14-22(31)20-21)25(5-2)28-32-24-16-8-7-15-23(24)30(36)34(28)26-17-9-10-18-27(26)37-3/h7-10,12-18,20,25H,4-6,11,19H2,1-3H3. The summed E-state index contributed by atoms with van der Waals surface area (Å²) in [5.41, 5.74) is 1.61. The lowest BCUT2D eigenvalue weighted by Crippen LogP contribution is -2.39. The highest BCUT2D eigenvalue weighted by atomic mass is 79.9. The van der Waals surface area contributed by atoms with E-state index in [0.717, 1.165) is 23.7 Å². The highest BCUT2D eigenvalue weighted by Gasteiger charge is 2.30. The minimum absolute atomic E-state index is 0.0850. The molecule has 7 heteroatoms. The first kappa shape index (κ1) is 26.6. The molecular formula is C30H32BrN3O3. The van der Waals surface area contributed by atoms with Gasteiger partial charge in [0.1, 0.15) is 11.6 Å². The van der Waals surface area contributed by atoms with Crippen molar-refractivity contribution in [3.8, 4) is 11.4 Å². The van der Waals surface area contributed by atoms with E-state index in [1.165, 1.54) is 0 Å². The van der Waals surface area contributed by atoms with Crippen LogP contribution in [0.3, 0.4) is 0 Å². The van der Waals surface area contributed by atoms with E-state index in [9.17, 15) is 9.59 Å². The van der Waals surface area contributed by atoms with E-state index in [2.05, 4.69) is 22.9 Å². The van der Waals surface area contributed by atoms with Crippen molar-refractivity contribution in [3.05, 3.63) is 99.0 Å². The van der Waals surface area contributed by atoms with Crippen molar-refractivity contribution in [1.29, 1.82) is 0 Å². The van der Waals surface area contributed by atoms with Crippen molar-refractivity contribution < 1.29 is 9.53 Å². The minimum atomic E-state index is -0.425. The quantitative estimate of drug-likeness (QED) is 0.197. The van der Waals surface area contributed by atoms with Crippen LogP contribution >= 0.6 is 15.9 Å². The average Bonchev–Trinajstić information content (AvgIpc) is 2.92. The Hall–Kier alpha value is -3.45. The van der Waals surface area contributed by atoms with Gasteiger partial charge in [0.25, 0.3) is 11.5 Å². The van der Waals surface area contributed by atoms with Crippen molar-refractivity contribution >= 4 is 32.7 Å². The third-order valence-corrected chi connectivity index (χ3v) is 7.02. The Kier molecular flexibility index (Phi) is 8.77. The van der Waals surface area contributed by atoms with Crippen molar-refractivity contribution in [2.24, 2.45) is 0 Å². The van der Waals surface area contributed by atoms with Gasteiger partial charge in [-0.15, -0.1) is 0 Å². The SMILES string of the molecule is CCCCCN(C(=O)c1cccc(Br)c1)C(CC)c1nc2ccccc2c(=O)n1-c1ccccc1OC. The van der Waals surface area contributed by atoms with Gasteiger partial charge in [0, 0.05) is 16.6 Å². The maximum absolute atomic E-state index is 14.0. The predicted molar refractivity (Wildman–Crippen MR) is 152 cm³/mol. The Morgan fingerprint density at radius 2 is 1.78 bits per heavy atom. The maximum Gasteiger partial charge on any atom is 0.266 e. The molecule has 0 spiro atoms. The zero-order chi connectivity index (χ0) is 26.4. The van der Waals surface area contributed by atoms with Crippen LogP contribution < -0.4 is 10.3 Å². The van der Waals surface area contributed by atoms with Crippen molar-refractivity contribution in [2.75, 3.05) is 13.7 Å². The number of methoxy groups -OCH3 is 1. The molecule has 3 aromatic carbocycles. The van der Waals surface area contributed by atoms with Gasteiger partial charge in [-0.1, -0.05) is 73.0 Å². The summed E-state index contributed by atoms with van der Waals surface area (Å²) in [6, 6.07) is 21.8. The van der Waals surface area contributed by atoms with Gasteiger partial charge < -0.3 is 9.64 Å². The van der Waals surface area contributed by atoms with Gasteiger partial charge in [0.05, 0.1) is 29.7 Å². The molecule has 0 saturated heterocycles. The summed E-state index contributed by atoms with van der Waals surface area (Å²) < 4.78 is 8.10. The topological polar surface area (TPSA) is 64.4 Å². The van der Waals surface area contributed by atoms with Gasteiger partial charge in [-0.05, 0) is 55.3 Å². The number of carbonyl (C=O) groups is 1. The third-order valence-electron chi connectivity index (χ3n) is 6.52. The van der Waals surface area contributed by atoms with E-state index in [1.807, 2.05) is 78.6 Å². The highest BCUT2D eigenvalue weighted by molar-refractivity contribution is 9.10. The largest absolute Gasteiger partial charge is 0.495 e. The zero-order valence-electron chi connectivity index (χ0n) is 21.5. The molecule has 1 amide bonds. The average molecular weight is 563 g/mol. The van der Waals surface area contributed by atoms with Crippen molar-refractivity contribution in [2.45, 2.75) is 45.6 Å². The highest BCUT2D eigenvalue weighted by Crippen LogP contribution is 2.31. The second kappa shape index (κ2) is 12.2. The van der Waals surface area contributed by atoms with E-state index in [0.29, 0.717) is 46.7 Å². The van der Waals surface area contributed by atoms with Gasteiger partial charge in [0.15, 0.2) is 0 Å². The molecule has 1 atom stereocenters. The Labute approximate surface area is 226 Å². The maximum atomic E-state index is 14.0. The number of para-hydroxylation sites is 3. The van der Waals surface area contributed by atoms with E-state index in [-0.39, 0.29) is 11.5 Å². The van der Waals surface area contributed by atoms with E-state index >= 15 is 0 Å². The predicted octanol–water partition coefficient (Wildman–Crippen LogP) is 6.94. The molecule has 0 bridgehead atoms. The Morgan fingerprint density at radius 3 is 2.51 bits per heavy atom. The number of carbonyl (C=O) groups excluding carboxylic acids is 1. The van der Waals surface area contributed by atoms with Gasteiger partial charge in [-0.2, -0.15) is 0 Å². The second-order valence-electron chi connectivity index (χ2n) is 8.94. The number of unbranched alkanes of at least 4 members (excludes halogenated alkanes) is 2. The number of benzene rings is 3. The number of fused-ring (bicyclic) bond motifs is 1. The number of hydrogen-bond acceptors (Lipinski definition) is 4. The third kappa shape index (κ3) is 5.62. The molecule has 0 aliphatic heterocycles. The Balaban J connectivity index is 1.96. The fourth-order valence-electron chi connectivity index (χ4n) is 4.68. The fourth-order valence-corrected chi connectivity index (χ4v) is 5.08. The molecule has 192 valence electrons. The molecule has 6 nitrogen and oxygen atoms in total. The van der Waals surface area contributed by atoms with Gasteiger partial charge in [-0.25, -0.2) is 4.98 Å². The van der Waals surface area contributed by atoms with Crippen LogP contribution in [-0.4, -0.2) is 34.0 Å². The number of ether oxygens (including phenoxy) is 1.